The topological polar surface area (TPSA) is 98.7 Å². The van der Waals surface area contributed by atoms with Gasteiger partial charge in [0.05, 0.1) is 5.56 Å². The largest absolute Gasteiger partial charge is 0.478 e. The van der Waals surface area contributed by atoms with Crippen molar-refractivity contribution in [3.05, 3.63) is 29.3 Å². The van der Waals surface area contributed by atoms with E-state index in [2.05, 4.69) is 10.6 Å². The van der Waals surface area contributed by atoms with Gasteiger partial charge in [-0.15, -0.1) is 0 Å². The molecule has 0 bridgehead atoms. The molecular formula is C13H17N3O4. The van der Waals surface area contributed by atoms with Crippen LogP contribution in [0, 0.1) is 6.92 Å². The quantitative estimate of drug-likeness (QED) is 0.762. The molecule has 20 heavy (non-hydrogen) atoms. The highest BCUT2D eigenvalue weighted by molar-refractivity contribution is 5.96. The fraction of sp³-hybridized carbons (Fsp3) is 0.308. The smallest absolute Gasteiger partial charge is 0.336 e. The van der Waals surface area contributed by atoms with Crippen molar-refractivity contribution in [1.29, 1.82) is 0 Å². The van der Waals surface area contributed by atoms with Crippen LogP contribution in [0.5, 0.6) is 0 Å². The number of benzene rings is 1. The summed E-state index contributed by atoms with van der Waals surface area (Å²) in [4.78, 5) is 35.3. The first-order valence-corrected chi connectivity index (χ1v) is 5.92. The van der Waals surface area contributed by atoms with E-state index in [1.807, 2.05) is 0 Å². The Labute approximate surface area is 116 Å². The fourth-order valence-electron chi connectivity index (χ4n) is 1.58. The number of carbonyl (C=O) groups excluding carboxylic acids is 2. The molecule has 7 nitrogen and oxygen atoms in total. The third-order valence-corrected chi connectivity index (χ3v) is 2.81. The minimum atomic E-state index is -1.06. The molecule has 1 aromatic rings. The lowest BCUT2D eigenvalue weighted by Gasteiger charge is -2.18. The number of amides is 3. The van der Waals surface area contributed by atoms with Gasteiger partial charge in [-0.25, -0.2) is 9.59 Å². The van der Waals surface area contributed by atoms with Crippen LogP contribution in [0.15, 0.2) is 18.2 Å². The molecule has 0 aliphatic carbocycles. The van der Waals surface area contributed by atoms with Crippen LogP contribution in [-0.4, -0.2) is 48.6 Å². The van der Waals surface area contributed by atoms with Crippen molar-refractivity contribution in [3.63, 3.8) is 0 Å². The first kappa shape index (κ1) is 15.5. The summed E-state index contributed by atoms with van der Waals surface area (Å²) in [7, 11) is 2.95. The zero-order valence-corrected chi connectivity index (χ0v) is 11.6. The molecule has 1 rings (SSSR count). The Morgan fingerprint density at radius 3 is 2.50 bits per heavy atom. The Kier molecular flexibility index (Phi) is 5.08. The number of urea groups is 1. The predicted octanol–water partition coefficient (Wildman–Crippen LogP) is 0.903. The number of carboxylic acid groups (broad SMARTS) is 1. The number of hydrogen-bond acceptors (Lipinski definition) is 3. The Hall–Kier alpha value is -2.57. The summed E-state index contributed by atoms with van der Waals surface area (Å²) >= 11 is 0. The van der Waals surface area contributed by atoms with Gasteiger partial charge < -0.3 is 20.6 Å². The maximum absolute atomic E-state index is 11.9. The van der Waals surface area contributed by atoms with Gasteiger partial charge in [0.15, 0.2) is 0 Å². The second kappa shape index (κ2) is 6.55. The molecule has 0 fully saturated rings. The molecule has 3 N–H and O–H groups in total. The first-order chi connectivity index (χ1) is 9.36. The third kappa shape index (κ3) is 3.71. The highest BCUT2D eigenvalue weighted by Crippen LogP contribution is 2.19. The van der Waals surface area contributed by atoms with Crippen LogP contribution in [0.1, 0.15) is 15.9 Å². The van der Waals surface area contributed by atoms with Crippen LogP contribution in [-0.2, 0) is 4.79 Å². The van der Waals surface area contributed by atoms with E-state index < -0.39 is 12.0 Å². The van der Waals surface area contributed by atoms with E-state index >= 15 is 0 Å². The van der Waals surface area contributed by atoms with Gasteiger partial charge in [-0.1, -0.05) is 6.07 Å². The lowest BCUT2D eigenvalue weighted by atomic mass is 10.1. The molecule has 0 unspecified atom stereocenters. The molecule has 108 valence electrons. The molecule has 3 amide bonds. The van der Waals surface area contributed by atoms with E-state index in [1.165, 1.54) is 25.1 Å². The lowest BCUT2D eigenvalue weighted by Crippen LogP contribution is -2.39. The molecule has 0 heterocycles. The minimum Gasteiger partial charge on any atom is -0.478 e. The predicted molar refractivity (Wildman–Crippen MR) is 73.9 cm³/mol. The van der Waals surface area contributed by atoms with E-state index in [-0.39, 0.29) is 18.0 Å². The molecule has 0 radical (unpaired) electrons. The van der Waals surface area contributed by atoms with Crippen molar-refractivity contribution < 1.29 is 19.5 Å². The molecule has 0 atom stereocenters. The highest BCUT2D eigenvalue weighted by Gasteiger charge is 2.15. The maximum Gasteiger partial charge on any atom is 0.336 e. The molecule has 0 aliphatic heterocycles. The van der Waals surface area contributed by atoms with Crippen LogP contribution in [0.25, 0.3) is 0 Å². The summed E-state index contributed by atoms with van der Waals surface area (Å²) in [6.45, 7) is 1.53. The summed E-state index contributed by atoms with van der Waals surface area (Å²) in [6.07, 6.45) is 0. The summed E-state index contributed by atoms with van der Waals surface area (Å²) in [5.41, 5.74) is 0.983. The Bertz CT molecular complexity index is 542. The van der Waals surface area contributed by atoms with Gasteiger partial charge in [-0.05, 0) is 24.6 Å². The van der Waals surface area contributed by atoms with Gasteiger partial charge in [0.2, 0.25) is 5.91 Å². The van der Waals surface area contributed by atoms with Crippen LogP contribution in [0.4, 0.5) is 10.5 Å². The Morgan fingerprint density at radius 1 is 1.30 bits per heavy atom. The molecule has 0 aromatic heterocycles. The maximum atomic E-state index is 11.9. The van der Waals surface area contributed by atoms with Gasteiger partial charge >= 0.3 is 12.0 Å². The zero-order valence-electron chi connectivity index (χ0n) is 11.6. The average Bonchev–Trinajstić information content (AvgIpc) is 2.40. The number of nitrogens with zero attached hydrogens (tertiary/aromatic N) is 1. The normalized spacial score (nSPS) is 9.75. The minimum absolute atomic E-state index is 0.0833. The Morgan fingerprint density at radius 2 is 1.95 bits per heavy atom. The van der Waals surface area contributed by atoms with Crippen LogP contribution in [0.3, 0.4) is 0 Å². The van der Waals surface area contributed by atoms with Crippen molar-refractivity contribution in [1.82, 2.24) is 10.2 Å². The SMILES string of the molecule is CNC(=O)CN(C)C(=O)Nc1cccc(C(=O)O)c1C. The zero-order chi connectivity index (χ0) is 15.3. The number of carboxylic acids is 1. The van der Waals surface area contributed by atoms with Crippen molar-refractivity contribution in [2.24, 2.45) is 0 Å². The molecule has 1 aromatic carbocycles. The molecule has 7 heteroatoms. The number of carbonyl (C=O) groups is 3. The highest BCUT2D eigenvalue weighted by atomic mass is 16.4. The van der Waals surface area contributed by atoms with E-state index in [9.17, 15) is 14.4 Å². The second-order valence-electron chi connectivity index (χ2n) is 4.24. The summed E-state index contributed by atoms with van der Waals surface area (Å²) < 4.78 is 0. The standard InChI is InChI=1S/C13H17N3O4/c1-8-9(12(18)19)5-4-6-10(8)15-13(20)16(3)7-11(17)14-2/h4-6H,7H2,1-3H3,(H,14,17)(H,15,20)(H,18,19). The molecule has 0 saturated carbocycles. The van der Waals surface area contributed by atoms with Crippen molar-refractivity contribution >= 4 is 23.6 Å². The molecule has 0 spiro atoms. The van der Waals surface area contributed by atoms with Gasteiger partial charge in [-0.2, -0.15) is 0 Å². The summed E-state index contributed by atoms with van der Waals surface area (Å²) in [6, 6.07) is 4.12. The van der Waals surface area contributed by atoms with Gasteiger partial charge in [0.1, 0.15) is 6.54 Å². The molecular weight excluding hydrogens is 262 g/mol. The molecule has 0 saturated heterocycles. The third-order valence-electron chi connectivity index (χ3n) is 2.81. The lowest BCUT2D eigenvalue weighted by molar-refractivity contribution is -0.120. The van der Waals surface area contributed by atoms with Crippen molar-refractivity contribution in [2.45, 2.75) is 6.92 Å². The number of hydrogen-bond donors (Lipinski definition) is 3. The van der Waals surface area contributed by atoms with Crippen LogP contribution < -0.4 is 10.6 Å². The van der Waals surface area contributed by atoms with E-state index in [0.29, 0.717) is 11.3 Å². The average molecular weight is 279 g/mol. The van der Waals surface area contributed by atoms with E-state index in [4.69, 9.17) is 5.11 Å². The molecule has 0 aliphatic rings. The Balaban J connectivity index is 2.83. The number of anilines is 1. The summed E-state index contributed by atoms with van der Waals surface area (Å²) in [5, 5.41) is 14.0. The monoisotopic (exact) mass is 279 g/mol. The van der Waals surface area contributed by atoms with Crippen LogP contribution in [0.2, 0.25) is 0 Å². The number of rotatable bonds is 4. The van der Waals surface area contributed by atoms with Crippen molar-refractivity contribution in [3.8, 4) is 0 Å². The fourth-order valence-corrected chi connectivity index (χ4v) is 1.58. The van der Waals surface area contributed by atoms with E-state index in [0.717, 1.165) is 0 Å². The van der Waals surface area contributed by atoms with Crippen LogP contribution >= 0.6 is 0 Å². The van der Waals surface area contributed by atoms with E-state index in [1.54, 1.807) is 19.1 Å². The first-order valence-electron chi connectivity index (χ1n) is 5.92. The number of likely N-dealkylation sites (N-methyl/N-ethyl adjacent to an activating group) is 2. The van der Waals surface area contributed by atoms with Gasteiger partial charge in [-0.3, -0.25) is 4.79 Å². The number of aromatic carboxylic acids is 1. The van der Waals surface area contributed by atoms with Gasteiger partial charge in [0, 0.05) is 19.8 Å². The van der Waals surface area contributed by atoms with Crippen molar-refractivity contribution in [2.75, 3.05) is 26.0 Å². The van der Waals surface area contributed by atoms with Gasteiger partial charge in [0.25, 0.3) is 0 Å². The number of nitrogens with one attached hydrogen (secondary N) is 2. The second-order valence-corrected chi connectivity index (χ2v) is 4.24. The summed E-state index contributed by atoms with van der Waals surface area (Å²) in [5.74, 6) is -1.35.